The molecule has 2 aromatic rings. The zero-order chi connectivity index (χ0) is 30.4. The second-order valence-electron chi connectivity index (χ2n) is 10.5. The summed E-state index contributed by atoms with van der Waals surface area (Å²) >= 11 is 13.1. The summed E-state index contributed by atoms with van der Waals surface area (Å²) in [5.74, 6) is -4.09. The molecule has 216 valence electrons. The highest BCUT2D eigenvalue weighted by Gasteiger charge is 2.77. The highest BCUT2D eigenvalue weighted by atomic mass is 32.2. The van der Waals surface area contributed by atoms with Gasteiger partial charge in [-0.25, -0.2) is 0 Å². The Morgan fingerprint density at radius 1 is 0.929 bits per heavy atom. The first kappa shape index (κ1) is 30.1. The Morgan fingerprint density at radius 3 is 2.10 bits per heavy atom. The van der Waals surface area contributed by atoms with Gasteiger partial charge in [0.05, 0.1) is 4.91 Å². The fraction of sp³-hybridized carbons (Fsp3) is 0.267. The fourth-order valence-electron chi connectivity index (χ4n) is 6.30. The Morgan fingerprint density at radius 2 is 1.50 bits per heavy atom. The van der Waals surface area contributed by atoms with Crippen LogP contribution < -0.4 is 0 Å². The van der Waals surface area contributed by atoms with E-state index in [1.807, 2.05) is 80.6 Å². The van der Waals surface area contributed by atoms with Crippen molar-refractivity contribution in [2.75, 3.05) is 13.1 Å². The molecule has 42 heavy (non-hydrogen) atoms. The molecule has 1 saturated carbocycles. The summed E-state index contributed by atoms with van der Waals surface area (Å²) in [6, 6.07) is 19.3. The van der Waals surface area contributed by atoms with Gasteiger partial charge >= 0.3 is 11.9 Å². The Bertz CT molecular complexity index is 1580. The van der Waals surface area contributed by atoms with Crippen LogP contribution in [-0.2, 0) is 19.2 Å². The van der Waals surface area contributed by atoms with Gasteiger partial charge in [0.15, 0.2) is 0 Å². The summed E-state index contributed by atoms with van der Waals surface area (Å²) in [5.41, 5.74) is 1.74. The van der Waals surface area contributed by atoms with Gasteiger partial charge in [-0.05, 0) is 18.1 Å². The molecule has 8 nitrogen and oxygen atoms in total. The number of carboxylic acid groups (broad SMARTS) is 2. The maximum Gasteiger partial charge on any atom is 0.323 e. The van der Waals surface area contributed by atoms with Crippen LogP contribution >= 0.6 is 48.0 Å². The van der Waals surface area contributed by atoms with E-state index in [1.54, 1.807) is 6.08 Å². The van der Waals surface area contributed by atoms with E-state index in [1.165, 1.54) is 0 Å². The van der Waals surface area contributed by atoms with Crippen molar-refractivity contribution in [1.82, 2.24) is 9.80 Å². The maximum atomic E-state index is 14.4. The SMILES string of the molecule is C/C(=C\c1ccccc1)C1C(c2ccccc2)C(C)(/C=C2\SC(=S)N(CC(=O)O)C2=O)C12SC(=S)N(CC(=O)O)C2=O. The number of carbonyl (C=O) groups excluding carboxylic acids is 2. The molecule has 0 bridgehead atoms. The molecule has 2 saturated heterocycles. The number of thioether (sulfide) groups is 2. The summed E-state index contributed by atoms with van der Waals surface area (Å²) in [6.07, 6.45) is 3.75. The molecule has 3 fully saturated rings. The predicted octanol–water partition coefficient (Wildman–Crippen LogP) is 5.02. The number of nitrogens with zero attached hydrogens (tertiary/aromatic N) is 2. The lowest BCUT2D eigenvalue weighted by atomic mass is 9.43. The van der Waals surface area contributed by atoms with Gasteiger partial charge in [0, 0.05) is 17.3 Å². The minimum absolute atomic E-state index is 0.118. The number of hydrogen-bond donors (Lipinski definition) is 2. The number of rotatable bonds is 8. The van der Waals surface area contributed by atoms with Crippen LogP contribution in [0.15, 0.2) is 77.2 Å². The molecule has 5 rings (SSSR count). The third kappa shape index (κ3) is 4.89. The first-order valence-electron chi connectivity index (χ1n) is 12.9. The Hall–Kier alpha value is -3.32. The molecule has 0 aromatic heterocycles. The minimum Gasteiger partial charge on any atom is -0.480 e. The molecule has 2 heterocycles. The first-order chi connectivity index (χ1) is 19.9. The summed E-state index contributed by atoms with van der Waals surface area (Å²) in [5, 5.41) is 18.9. The van der Waals surface area contributed by atoms with Crippen LogP contribution in [-0.4, -0.2) is 70.2 Å². The van der Waals surface area contributed by atoms with Gasteiger partial charge in [0.2, 0.25) is 5.91 Å². The number of hydrogen-bond acceptors (Lipinski definition) is 8. The lowest BCUT2D eigenvalue weighted by Crippen LogP contribution is -2.69. The standard InChI is InChI=1S/C30H26N2O6S4/c1-17(13-18-9-5-3-6-10-18)23-24(19-11-7-4-8-12-19)29(2,14-20-25(37)31(15-21(33)34)27(39)41-20)30(23)26(38)32(16-22(35)36)28(40)42-30/h3-14,23-24H,15-16H2,1-2H3,(H,33,34)(H,35,36)/b17-13+,20-14-. The summed E-state index contributed by atoms with van der Waals surface area (Å²) < 4.78 is -0.998. The van der Waals surface area contributed by atoms with Crippen molar-refractivity contribution in [2.45, 2.75) is 24.5 Å². The topological polar surface area (TPSA) is 115 Å². The van der Waals surface area contributed by atoms with E-state index in [0.717, 1.165) is 50.0 Å². The van der Waals surface area contributed by atoms with E-state index in [-0.39, 0.29) is 19.5 Å². The normalized spacial score (nSPS) is 28.6. The van der Waals surface area contributed by atoms with Crippen LogP contribution in [0.3, 0.4) is 0 Å². The number of allylic oxidation sites excluding steroid dienone is 2. The minimum atomic E-state index is -1.27. The molecule has 2 aliphatic heterocycles. The first-order valence-corrected chi connectivity index (χ1v) is 15.4. The molecule has 4 atom stereocenters. The van der Waals surface area contributed by atoms with Crippen LogP contribution in [0.25, 0.3) is 6.08 Å². The van der Waals surface area contributed by atoms with Gasteiger partial charge < -0.3 is 10.2 Å². The summed E-state index contributed by atoms with van der Waals surface area (Å²) in [4.78, 5) is 53.4. The zero-order valence-electron chi connectivity index (χ0n) is 22.6. The molecule has 12 heteroatoms. The van der Waals surface area contributed by atoms with E-state index in [4.69, 9.17) is 24.4 Å². The molecule has 2 amide bonds. The largest absolute Gasteiger partial charge is 0.480 e. The van der Waals surface area contributed by atoms with Crippen molar-refractivity contribution in [3.8, 4) is 0 Å². The molecule has 3 aliphatic rings. The van der Waals surface area contributed by atoms with Gasteiger partial charge in [-0.3, -0.25) is 29.0 Å². The lowest BCUT2D eigenvalue weighted by molar-refractivity contribution is -0.147. The molecule has 4 unspecified atom stereocenters. The molecule has 2 N–H and O–H groups in total. The van der Waals surface area contributed by atoms with Crippen molar-refractivity contribution >= 4 is 86.4 Å². The number of amides is 2. The van der Waals surface area contributed by atoms with Crippen molar-refractivity contribution in [3.63, 3.8) is 0 Å². The number of aliphatic carboxylic acids is 2. The maximum absolute atomic E-state index is 14.4. The zero-order valence-corrected chi connectivity index (χ0v) is 25.8. The molecule has 1 spiro atoms. The molecule has 1 aliphatic carbocycles. The number of benzene rings is 2. The van der Waals surface area contributed by atoms with E-state index < -0.39 is 52.9 Å². The van der Waals surface area contributed by atoms with Crippen LogP contribution in [0.1, 0.15) is 30.9 Å². The fourth-order valence-corrected chi connectivity index (χ4v) is 9.80. The van der Waals surface area contributed by atoms with Crippen molar-refractivity contribution in [1.29, 1.82) is 0 Å². The van der Waals surface area contributed by atoms with Gasteiger partial charge in [-0.15, -0.1) is 0 Å². The van der Waals surface area contributed by atoms with Crippen LogP contribution in [0, 0.1) is 11.3 Å². The van der Waals surface area contributed by atoms with Gasteiger partial charge in [-0.2, -0.15) is 0 Å². The van der Waals surface area contributed by atoms with E-state index in [2.05, 4.69) is 0 Å². The van der Waals surface area contributed by atoms with Gasteiger partial charge in [-0.1, -0.05) is 133 Å². The van der Waals surface area contributed by atoms with E-state index in [9.17, 15) is 29.4 Å². The van der Waals surface area contributed by atoms with Crippen LogP contribution in [0.2, 0.25) is 0 Å². The van der Waals surface area contributed by atoms with Crippen molar-refractivity contribution in [2.24, 2.45) is 11.3 Å². The Balaban J connectivity index is 1.71. The van der Waals surface area contributed by atoms with E-state index in [0.29, 0.717) is 0 Å². The molecular formula is C30H26N2O6S4. The second-order valence-corrected chi connectivity index (χ2v) is 14.1. The van der Waals surface area contributed by atoms with Gasteiger partial charge in [0.25, 0.3) is 5.91 Å². The second kappa shape index (κ2) is 11.4. The Kier molecular flexibility index (Phi) is 8.18. The molecule has 2 aromatic carbocycles. The van der Waals surface area contributed by atoms with Crippen LogP contribution in [0.5, 0.6) is 0 Å². The number of carbonyl (C=O) groups is 4. The molecule has 0 radical (unpaired) electrons. The Labute approximate surface area is 261 Å². The van der Waals surface area contributed by atoms with E-state index >= 15 is 0 Å². The quantitative estimate of drug-likeness (QED) is 0.302. The highest BCUT2D eigenvalue weighted by Crippen LogP contribution is 2.74. The lowest BCUT2D eigenvalue weighted by Gasteiger charge is -2.64. The van der Waals surface area contributed by atoms with Crippen molar-refractivity contribution < 1.29 is 29.4 Å². The average Bonchev–Trinajstić information content (AvgIpc) is 3.35. The summed E-state index contributed by atoms with van der Waals surface area (Å²) in [7, 11) is 0. The monoisotopic (exact) mass is 638 g/mol. The number of thiocarbonyl (C=S) groups is 2. The smallest absolute Gasteiger partial charge is 0.323 e. The molecular weight excluding hydrogens is 613 g/mol. The third-order valence-electron chi connectivity index (χ3n) is 7.98. The highest BCUT2D eigenvalue weighted by molar-refractivity contribution is 8.26. The van der Waals surface area contributed by atoms with Crippen molar-refractivity contribution in [3.05, 3.63) is 88.3 Å². The number of carboxylic acids is 2. The van der Waals surface area contributed by atoms with Crippen LogP contribution in [0.4, 0.5) is 0 Å². The summed E-state index contributed by atoms with van der Waals surface area (Å²) in [6.45, 7) is 2.70. The average molecular weight is 639 g/mol. The predicted molar refractivity (Wildman–Crippen MR) is 171 cm³/mol. The third-order valence-corrected chi connectivity index (χ3v) is 11.4. The van der Waals surface area contributed by atoms with Gasteiger partial charge in [0.1, 0.15) is 26.5 Å².